The van der Waals surface area contributed by atoms with Crippen LogP contribution in [0.15, 0.2) is 24.5 Å². The number of aryl methyl sites for hydroxylation is 1. The van der Waals surface area contributed by atoms with Gasteiger partial charge in [0.1, 0.15) is 10.6 Å². The maximum atomic E-state index is 12.4. The van der Waals surface area contributed by atoms with Gasteiger partial charge in [0, 0.05) is 48.4 Å². The molecule has 32 heavy (non-hydrogen) atoms. The second-order valence-corrected chi connectivity index (χ2v) is 10.0. The Bertz CT molecular complexity index is 1110. The maximum Gasteiger partial charge on any atom is 0.223 e. The van der Waals surface area contributed by atoms with E-state index >= 15 is 0 Å². The molecule has 0 radical (unpaired) electrons. The minimum absolute atomic E-state index is 0.00911. The van der Waals surface area contributed by atoms with Crippen molar-refractivity contribution in [3.05, 3.63) is 35.0 Å². The lowest BCUT2D eigenvalue weighted by molar-refractivity contribution is -0.125. The fraction of sp³-hybridized carbons (Fsp3) is 0.500. The molecule has 1 amide bonds. The van der Waals surface area contributed by atoms with Crippen molar-refractivity contribution in [2.75, 3.05) is 31.1 Å². The van der Waals surface area contributed by atoms with Crippen molar-refractivity contribution in [2.24, 2.45) is 11.8 Å². The summed E-state index contributed by atoms with van der Waals surface area (Å²) in [5, 5.41) is 13.0. The monoisotopic (exact) mass is 451 g/mol. The zero-order valence-electron chi connectivity index (χ0n) is 18.4. The first kappa shape index (κ1) is 21.3. The number of fused-ring (bicyclic) bond motifs is 3. The van der Waals surface area contributed by atoms with Gasteiger partial charge >= 0.3 is 0 Å². The summed E-state index contributed by atoms with van der Waals surface area (Å²) in [7, 11) is 0. The van der Waals surface area contributed by atoms with Crippen molar-refractivity contribution < 1.29 is 9.90 Å². The van der Waals surface area contributed by atoms with Gasteiger partial charge in [0.15, 0.2) is 5.82 Å². The predicted octanol–water partition coefficient (Wildman–Crippen LogP) is 3.20. The quantitative estimate of drug-likeness (QED) is 0.619. The summed E-state index contributed by atoms with van der Waals surface area (Å²) in [5.74, 6) is 2.47. The van der Waals surface area contributed by atoms with Crippen LogP contribution >= 0.6 is 11.3 Å². The number of pyridine rings is 1. The number of rotatable bonds is 5. The average molecular weight is 452 g/mol. The van der Waals surface area contributed by atoms with Gasteiger partial charge in [-0.25, -0.2) is 9.97 Å². The third-order valence-corrected chi connectivity index (χ3v) is 7.78. The van der Waals surface area contributed by atoms with E-state index in [1.54, 1.807) is 6.20 Å². The Morgan fingerprint density at radius 3 is 2.88 bits per heavy atom. The van der Waals surface area contributed by atoms with Gasteiger partial charge in [0.25, 0.3) is 0 Å². The number of aliphatic hydroxyl groups excluding tert-OH is 1. The van der Waals surface area contributed by atoms with Crippen LogP contribution < -0.4 is 10.2 Å². The lowest BCUT2D eigenvalue weighted by atomic mass is 9.89. The molecule has 1 saturated heterocycles. The molecule has 0 saturated carbocycles. The van der Waals surface area contributed by atoms with E-state index in [-0.39, 0.29) is 18.4 Å². The summed E-state index contributed by atoms with van der Waals surface area (Å²) >= 11 is 1.82. The summed E-state index contributed by atoms with van der Waals surface area (Å²) < 4.78 is 0. The number of carbonyl (C=O) groups excluding carboxylic acids is 1. The van der Waals surface area contributed by atoms with E-state index in [1.165, 1.54) is 22.2 Å². The lowest BCUT2D eigenvalue weighted by Crippen LogP contribution is -2.41. The summed E-state index contributed by atoms with van der Waals surface area (Å²) in [5.41, 5.74) is 2.35. The van der Waals surface area contributed by atoms with Crippen LogP contribution in [0.25, 0.3) is 21.6 Å². The first-order valence-electron chi connectivity index (χ1n) is 11.5. The number of aliphatic hydroxyl groups is 1. The third-order valence-electron chi connectivity index (χ3n) is 6.63. The zero-order chi connectivity index (χ0) is 22.1. The normalized spacial score (nSPS) is 19.2. The Morgan fingerprint density at radius 2 is 2.12 bits per heavy atom. The van der Waals surface area contributed by atoms with Gasteiger partial charge in [-0.3, -0.25) is 9.78 Å². The lowest BCUT2D eigenvalue weighted by Gasteiger charge is -2.33. The first-order chi connectivity index (χ1) is 15.6. The van der Waals surface area contributed by atoms with E-state index in [0.717, 1.165) is 60.8 Å². The molecular formula is C24H29N5O2S. The number of piperidine rings is 1. The topological polar surface area (TPSA) is 91.2 Å². The third kappa shape index (κ3) is 4.09. The van der Waals surface area contributed by atoms with Crippen LogP contribution in [0, 0.1) is 11.8 Å². The second-order valence-electron chi connectivity index (χ2n) is 8.92. The van der Waals surface area contributed by atoms with E-state index in [2.05, 4.69) is 22.1 Å². The molecule has 2 N–H and O–H groups in total. The minimum atomic E-state index is -0.0253. The second kappa shape index (κ2) is 9.11. The van der Waals surface area contributed by atoms with Gasteiger partial charge in [-0.05, 0) is 55.7 Å². The molecule has 4 heterocycles. The van der Waals surface area contributed by atoms with Crippen LogP contribution in [0.1, 0.15) is 36.6 Å². The number of thiophene rings is 1. The zero-order valence-corrected chi connectivity index (χ0v) is 19.2. The Balaban J connectivity index is 1.50. The molecule has 3 aromatic rings. The van der Waals surface area contributed by atoms with Crippen molar-refractivity contribution in [3.8, 4) is 11.4 Å². The number of aromatic nitrogens is 3. The van der Waals surface area contributed by atoms with Crippen molar-refractivity contribution in [2.45, 2.75) is 39.0 Å². The van der Waals surface area contributed by atoms with Crippen LogP contribution in [0.4, 0.5) is 5.82 Å². The summed E-state index contributed by atoms with van der Waals surface area (Å²) in [4.78, 5) is 31.5. The molecule has 168 valence electrons. The highest BCUT2D eigenvalue weighted by Gasteiger charge is 2.30. The molecule has 1 aliphatic carbocycles. The molecule has 1 atom stereocenters. The summed E-state index contributed by atoms with van der Waals surface area (Å²) in [6, 6.07) is 3.92. The molecular weight excluding hydrogens is 422 g/mol. The molecule has 3 aromatic heterocycles. The van der Waals surface area contributed by atoms with E-state index in [9.17, 15) is 4.79 Å². The molecule has 5 rings (SSSR count). The van der Waals surface area contributed by atoms with Crippen LogP contribution in [-0.4, -0.2) is 52.2 Å². The molecule has 0 unspecified atom stereocenters. The van der Waals surface area contributed by atoms with Crippen molar-refractivity contribution >= 4 is 33.3 Å². The van der Waals surface area contributed by atoms with Gasteiger partial charge in [-0.15, -0.1) is 11.3 Å². The Morgan fingerprint density at radius 1 is 1.28 bits per heavy atom. The Hall–Kier alpha value is -2.58. The van der Waals surface area contributed by atoms with Crippen LogP contribution in [0.5, 0.6) is 0 Å². The fourth-order valence-corrected chi connectivity index (χ4v) is 6.23. The molecule has 2 aliphatic rings. The van der Waals surface area contributed by atoms with Crippen molar-refractivity contribution in [1.29, 1.82) is 0 Å². The summed E-state index contributed by atoms with van der Waals surface area (Å²) in [6.45, 7) is 4.20. The molecule has 8 heteroatoms. The van der Waals surface area contributed by atoms with Gasteiger partial charge in [0.05, 0.1) is 12.0 Å². The molecule has 1 fully saturated rings. The number of hydrogen-bond donors (Lipinski definition) is 2. The SMILES string of the molecule is C[C@@H]1CCc2c(sc3nc(-c4cccnc4)nc(N4CCC(C(=O)NCCO)CC4)c23)C1. The largest absolute Gasteiger partial charge is 0.395 e. The molecule has 0 aromatic carbocycles. The number of nitrogens with one attached hydrogen (secondary N) is 1. The van der Waals surface area contributed by atoms with E-state index in [1.807, 2.05) is 29.7 Å². The molecule has 1 aliphatic heterocycles. The van der Waals surface area contributed by atoms with Crippen molar-refractivity contribution in [1.82, 2.24) is 20.3 Å². The highest BCUT2D eigenvalue weighted by Crippen LogP contribution is 2.42. The Kier molecular flexibility index (Phi) is 6.06. The molecule has 0 spiro atoms. The van der Waals surface area contributed by atoms with Crippen LogP contribution in [0.2, 0.25) is 0 Å². The average Bonchev–Trinajstić information content (AvgIpc) is 3.20. The van der Waals surface area contributed by atoms with E-state index < -0.39 is 0 Å². The highest BCUT2D eigenvalue weighted by atomic mass is 32.1. The maximum absolute atomic E-state index is 12.4. The number of hydrogen-bond acceptors (Lipinski definition) is 7. The Labute approximate surface area is 191 Å². The standard InChI is InChI=1S/C24H29N5O2S/c1-15-4-5-18-19(13-15)32-24-20(18)22(27-21(28-24)17-3-2-8-25-14-17)29-10-6-16(7-11-29)23(31)26-9-12-30/h2-3,8,14-16,30H,4-7,9-13H2,1H3,(H,26,31)/t15-/m1/s1. The number of anilines is 1. The summed E-state index contributed by atoms with van der Waals surface area (Å²) in [6.07, 6.45) is 8.56. The number of amides is 1. The van der Waals surface area contributed by atoms with Gasteiger partial charge in [-0.1, -0.05) is 6.92 Å². The fourth-order valence-electron chi connectivity index (χ4n) is 4.85. The smallest absolute Gasteiger partial charge is 0.223 e. The van der Waals surface area contributed by atoms with Crippen LogP contribution in [-0.2, 0) is 17.6 Å². The number of nitrogens with zero attached hydrogens (tertiary/aromatic N) is 4. The first-order valence-corrected chi connectivity index (χ1v) is 12.3. The van der Waals surface area contributed by atoms with Crippen LogP contribution in [0.3, 0.4) is 0 Å². The number of carbonyl (C=O) groups is 1. The minimum Gasteiger partial charge on any atom is -0.395 e. The van der Waals surface area contributed by atoms with Gasteiger partial charge < -0.3 is 15.3 Å². The van der Waals surface area contributed by atoms with Crippen molar-refractivity contribution in [3.63, 3.8) is 0 Å². The van der Waals surface area contributed by atoms with Gasteiger partial charge in [0.2, 0.25) is 5.91 Å². The van der Waals surface area contributed by atoms with E-state index in [4.69, 9.17) is 15.1 Å². The highest BCUT2D eigenvalue weighted by molar-refractivity contribution is 7.19. The van der Waals surface area contributed by atoms with E-state index in [0.29, 0.717) is 12.5 Å². The predicted molar refractivity (Wildman–Crippen MR) is 127 cm³/mol. The molecule has 0 bridgehead atoms. The molecule has 7 nitrogen and oxygen atoms in total. The van der Waals surface area contributed by atoms with Gasteiger partial charge in [-0.2, -0.15) is 0 Å².